The van der Waals surface area contributed by atoms with E-state index in [-0.39, 0.29) is 11.1 Å². The smallest absolute Gasteiger partial charge is 0.338 e. The second-order valence-corrected chi connectivity index (χ2v) is 4.68. The van der Waals surface area contributed by atoms with Gasteiger partial charge in [-0.15, -0.1) is 0 Å². The Kier molecular flexibility index (Phi) is 2.86. The van der Waals surface area contributed by atoms with Gasteiger partial charge < -0.3 is 9.55 Å². The summed E-state index contributed by atoms with van der Waals surface area (Å²) in [6, 6.07) is 6.34. The van der Waals surface area contributed by atoms with Crippen LogP contribution in [-0.4, -0.2) is 14.5 Å². The number of halogens is 3. The van der Waals surface area contributed by atoms with Crippen molar-refractivity contribution < 1.29 is 13.2 Å². The van der Waals surface area contributed by atoms with Crippen LogP contribution in [-0.2, 0) is 13.2 Å². The lowest BCUT2D eigenvalue weighted by atomic mass is 10.2. The van der Waals surface area contributed by atoms with Crippen molar-refractivity contribution in [2.75, 3.05) is 0 Å². The molecule has 0 spiro atoms. The molecule has 1 N–H and O–H groups in total. The molecule has 2 aromatic heterocycles. The molecule has 3 aromatic rings. The van der Waals surface area contributed by atoms with Gasteiger partial charge in [-0.2, -0.15) is 13.2 Å². The lowest BCUT2D eigenvalue weighted by Gasteiger charge is -2.05. The predicted molar refractivity (Wildman–Crippen MR) is 71.8 cm³/mol. The van der Waals surface area contributed by atoms with E-state index in [9.17, 15) is 18.0 Å². The number of rotatable bonds is 1. The fourth-order valence-electron chi connectivity index (χ4n) is 2.02. The molecule has 2 heterocycles. The van der Waals surface area contributed by atoms with E-state index in [1.54, 1.807) is 19.3 Å². The van der Waals surface area contributed by atoms with Crippen LogP contribution in [0.4, 0.5) is 13.2 Å². The van der Waals surface area contributed by atoms with Gasteiger partial charge in [-0.25, -0.2) is 4.98 Å². The minimum Gasteiger partial charge on any atom is -0.338 e. The van der Waals surface area contributed by atoms with Gasteiger partial charge in [0.2, 0.25) is 0 Å². The van der Waals surface area contributed by atoms with Gasteiger partial charge in [0.25, 0.3) is 5.56 Å². The van der Waals surface area contributed by atoms with Crippen molar-refractivity contribution in [3.8, 4) is 11.4 Å². The van der Waals surface area contributed by atoms with Gasteiger partial charge in [0.05, 0.1) is 16.6 Å². The first-order valence-electron chi connectivity index (χ1n) is 6.08. The Morgan fingerprint density at radius 2 is 1.95 bits per heavy atom. The number of aryl methyl sites for hydroxylation is 1. The Morgan fingerprint density at radius 3 is 2.62 bits per heavy atom. The molecule has 4 nitrogen and oxygen atoms in total. The van der Waals surface area contributed by atoms with Crippen molar-refractivity contribution in [2.24, 2.45) is 7.05 Å². The number of hydrogen-bond donors (Lipinski definition) is 1. The molecule has 21 heavy (non-hydrogen) atoms. The minimum absolute atomic E-state index is 0.219. The molecule has 3 rings (SSSR count). The number of hydrogen-bond acceptors (Lipinski definition) is 2. The van der Waals surface area contributed by atoms with Crippen molar-refractivity contribution in [1.82, 2.24) is 14.5 Å². The van der Waals surface area contributed by atoms with Crippen LogP contribution < -0.4 is 5.56 Å². The van der Waals surface area contributed by atoms with E-state index in [1.165, 1.54) is 16.7 Å². The molecule has 108 valence electrons. The van der Waals surface area contributed by atoms with Gasteiger partial charge in [0, 0.05) is 24.9 Å². The number of nitrogens with one attached hydrogen (secondary N) is 1. The maximum absolute atomic E-state index is 12.7. The zero-order chi connectivity index (χ0) is 15.2. The Labute approximate surface area is 116 Å². The van der Waals surface area contributed by atoms with Crippen LogP contribution in [0.3, 0.4) is 0 Å². The summed E-state index contributed by atoms with van der Waals surface area (Å²) in [5.41, 5.74) is 0.264. The van der Waals surface area contributed by atoms with E-state index in [2.05, 4.69) is 9.97 Å². The number of nitrogens with zero attached hydrogens (tertiary/aromatic N) is 2. The summed E-state index contributed by atoms with van der Waals surface area (Å²) in [4.78, 5) is 18.6. The molecule has 0 aliphatic rings. The summed E-state index contributed by atoms with van der Waals surface area (Å²) < 4.78 is 39.4. The van der Waals surface area contributed by atoms with Crippen LogP contribution in [0.25, 0.3) is 22.4 Å². The highest BCUT2D eigenvalue weighted by Crippen LogP contribution is 2.31. The van der Waals surface area contributed by atoms with Gasteiger partial charge in [-0.3, -0.25) is 4.79 Å². The number of alkyl halides is 3. The SMILES string of the molecule is Cn1ccc(-c2nc3ccc(C(F)(F)F)cc3[nH]2)cc1=O. The van der Waals surface area contributed by atoms with Crippen molar-refractivity contribution in [1.29, 1.82) is 0 Å². The molecule has 0 fully saturated rings. The molecule has 0 saturated carbocycles. The Bertz CT molecular complexity index is 877. The molecule has 0 bridgehead atoms. The third kappa shape index (κ3) is 2.42. The molecule has 0 radical (unpaired) electrons. The highest BCUT2D eigenvalue weighted by atomic mass is 19.4. The third-order valence-corrected chi connectivity index (χ3v) is 3.19. The Balaban J connectivity index is 2.12. The fourth-order valence-corrected chi connectivity index (χ4v) is 2.02. The number of H-pyrrole nitrogens is 1. The van der Waals surface area contributed by atoms with Crippen LogP contribution in [0.2, 0.25) is 0 Å². The summed E-state index contributed by atoms with van der Waals surface area (Å²) in [5.74, 6) is 0.363. The lowest BCUT2D eigenvalue weighted by Crippen LogP contribution is -2.14. The number of aromatic amines is 1. The van der Waals surface area contributed by atoms with Crippen molar-refractivity contribution >= 4 is 11.0 Å². The van der Waals surface area contributed by atoms with E-state index in [0.717, 1.165) is 12.1 Å². The maximum atomic E-state index is 12.7. The molecule has 0 amide bonds. The third-order valence-electron chi connectivity index (χ3n) is 3.19. The van der Waals surface area contributed by atoms with Gasteiger partial charge in [-0.1, -0.05) is 0 Å². The van der Waals surface area contributed by atoms with Gasteiger partial charge in [0.15, 0.2) is 0 Å². The van der Waals surface area contributed by atoms with E-state index < -0.39 is 11.7 Å². The molecule has 0 unspecified atom stereocenters. The van der Waals surface area contributed by atoms with Gasteiger partial charge in [0.1, 0.15) is 5.82 Å². The second kappa shape index (κ2) is 4.47. The molecular formula is C14H10F3N3O. The monoisotopic (exact) mass is 293 g/mol. The second-order valence-electron chi connectivity index (χ2n) is 4.68. The average Bonchev–Trinajstić information content (AvgIpc) is 2.83. The first-order valence-corrected chi connectivity index (χ1v) is 6.08. The Morgan fingerprint density at radius 1 is 1.19 bits per heavy atom. The standard InChI is InChI=1S/C14H10F3N3O/c1-20-5-4-8(6-12(20)21)13-18-10-3-2-9(14(15,16)17)7-11(10)19-13/h2-7H,1H3,(H,18,19). The first kappa shape index (κ1) is 13.4. The lowest BCUT2D eigenvalue weighted by molar-refractivity contribution is -0.137. The first-order chi connectivity index (χ1) is 9.84. The van der Waals surface area contributed by atoms with Crippen LogP contribution in [0.5, 0.6) is 0 Å². The largest absolute Gasteiger partial charge is 0.416 e. The van der Waals surface area contributed by atoms with Crippen LogP contribution in [0.15, 0.2) is 41.3 Å². The quantitative estimate of drug-likeness (QED) is 0.750. The number of benzene rings is 1. The predicted octanol–water partition coefficient (Wildman–Crippen LogP) is 2.95. The average molecular weight is 293 g/mol. The number of imidazole rings is 1. The topological polar surface area (TPSA) is 50.7 Å². The molecule has 0 saturated heterocycles. The summed E-state index contributed by atoms with van der Waals surface area (Å²) >= 11 is 0. The van der Waals surface area contributed by atoms with Crippen LogP contribution >= 0.6 is 0 Å². The van der Waals surface area contributed by atoms with E-state index >= 15 is 0 Å². The molecule has 0 atom stereocenters. The van der Waals surface area contributed by atoms with Crippen molar-refractivity contribution in [3.63, 3.8) is 0 Å². The summed E-state index contributed by atoms with van der Waals surface area (Å²) in [5, 5.41) is 0. The highest BCUT2D eigenvalue weighted by Gasteiger charge is 2.30. The summed E-state index contributed by atoms with van der Waals surface area (Å²) in [6.07, 6.45) is -2.83. The number of fused-ring (bicyclic) bond motifs is 1. The molecule has 0 aliphatic carbocycles. The molecule has 7 heteroatoms. The zero-order valence-corrected chi connectivity index (χ0v) is 10.9. The van der Waals surface area contributed by atoms with E-state index in [1.807, 2.05) is 0 Å². The molecule has 0 aliphatic heterocycles. The van der Waals surface area contributed by atoms with Crippen LogP contribution in [0, 0.1) is 0 Å². The number of pyridine rings is 1. The van der Waals surface area contributed by atoms with Gasteiger partial charge in [-0.05, 0) is 24.3 Å². The molecular weight excluding hydrogens is 283 g/mol. The maximum Gasteiger partial charge on any atom is 0.416 e. The van der Waals surface area contributed by atoms with Crippen molar-refractivity contribution in [2.45, 2.75) is 6.18 Å². The fraction of sp³-hybridized carbons (Fsp3) is 0.143. The normalized spacial score (nSPS) is 12.0. The summed E-state index contributed by atoms with van der Waals surface area (Å²) in [6.45, 7) is 0. The van der Waals surface area contributed by atoms with E-state index in [4.69, 9.17) is 0 Å². The Hall–Kier alpha value is -2.57. The zero-order valence-electron chi connectivity index (χ0n) is 10.9. The minimum atomic E-state index is -4.40. The van der Waals surface area contributed by atoms with E-state index in [0.29, 0.717) is 16.9 Å². The van der Waals surface area contributed by atoms with Crippen molar-refractivity contribution in [3.05, 3.63) is 52.4 Å². The van der Waals surface area contributed by atoms with Crippen LogP contribution in [0.1, 0.15) is 5.56 Å². The highest BCUT2D eigenvalue weighted by molar-refractivity contribution is 5.80. The molecule has 1 aromatic carbocycles. The number of aromatic nitrogens is 3. The summed E-state index contributed by atoms with van der Waals surface area (Å²) in [7, 11) is 1.61. The van der Waals surface area contributed by atoms with Gasteiger partial charge >= 0.3 is 6.18 Å².